The molecule has 1 N–H and O–H groups in total. The zero-order chi connectivity index (χ0) is 11.9. The molecule has 0 aromatic carbocycles. The summed E-state index contributed by atoms with van der Waals surface area (Å²) in [6.45, 7) is 9.92. The van der Waals surface area contributed by atoms with Crippen LogP contribution >= 0.6 is 0 Å². The lowest BCUT2D eigenvalue weighted by molar-refractivity contribution is -0.131. The Bertz CT molecular complexity index is 194. The molecule has 90 valence electrons. The molecular formula is C12H26N2O. The first kappa shape index (κ1) is 14.4. The molecule has 0 rings (SSSR count). The third kappa shape index (κ3) is 4.65. The van der Waals surface area contributed by atoms with Crippen LogP contribution < -0.4 is 5.32 Å². The maximum atomic E-state index is 11.6. The van der Waals surface area contributed by atoms with Crippen molar-refractivity contribution in [3.63, 3.8) is 0 Å². The molecule has 1 atom stereocenters. The minimum absolute atomic E-state index is 0.0512. The van der Waals surface area contributed by atoms with Crippen molar-refractivity contribution in [3.8, 4) is 0 Å². The Morgan fingerprint density at radius 3 is 2.27 bits per heavy atom. The van der Waals surface area contributed by atoms with E-state index in [2.05, 4.69) is 19.2 Å². The first-order valence-electron chi connectivity index (χ1n) is 5.99. The molecule has 0 aliphatic carbocycles. The molecule has 0 saturated carbocycles. The van der Waals surface area contributed by atoms with Crippen molar-refractivity contribution in [3.05, 3.63) is 0 Å². The summed E-state index contributed by atoms with van der Waals surface area (Å²) in [5.74, 6) is 0.245. The summed E-state index contributed by atoms with van der Waals surface area (Å²) >= 11 is 0. The van der Waals surface area contributed by atoms with Crippen LogP contribution in [0, 0.1) is 0 Å². The molecule has 3 heteroatoms. The molecule has 0 aromatic heterocycles. The zero-order valence-electron chi connectivity index (χ0n) is 10.9. The lowest BCUT2D eigenvalue weighted by atomic mass is 9.95. The second kappa shape index (κ2) is 6.83. The molecule has 0 aliphatic heterocycles. The van der Waals surface area contributed by atoms with E-state index < -0.39 is 0 Å². The topological polar surface area (TPSA) is 32.3 Å². The van der Waals surface area contributed by atoms with Gasteiger partial charge in [-0.3, -0.25) is 4.79 Å². The van der Waals surface area contributed by atoms with Crippen LogP contribution in [0.15, 0.2) is 0 Å². The fraction of sp³-hybridized carbons (Fsp3) is 0.917. The number of hydrogen-bond acceptors (Lipinski definition) is 2. The van der Waals surface area contributed by atoms with Gasteiger partial charge in [-0.15, -0.1) is 0 Å². The van der Waals surface area contributed by atoms with Gasteiger partial charge >= 0.3 is 0 Å². The van der Waals surface area contributed by atoms with E-state index in [0.29, 0.717) is 6.42 Å². The Morgan fingerprint density at radius 1 is 1.33 bits per heavy atom. The van der Waals surface area contributed by atoms with E-state index in [1.54, 1.807) is 0 Å². The molecule has 3 nitrogen and oxygen atoms in total. The van der Waals surface area contributed by atoms with Crippen LogP contribution in [-0.2, 0) is 4.79 Å². The quantitative estimate of drug-likeness (QED) is 0.703. The molecule has 0 aromatic rings. The number of carbonyl (C=O) groups excluding carboxylic acids is 1. The second-order valence-corrected chi connectivity index (χ2v) is 4.32. The number of hydrogen-bond donors (Lipinski definition) is 1. The van der Waals surface area contributed by atoms with E-state index in [9.17, 15) is 4.79 Å². The van der Waals surface area contributed by atoms with E-state index in [-0.39, 0.29) is 11.4 Å². The largest absolute Gasteiger partial charge is 0.341 e. The molecule has 1 amide bonds. The maximum absolute atomic E-state index is 11.6. The van der Waals surface area contributed by atoms with Crippen molar-refractivity contribution in [1.29, 1.82) is 0 Å². The highest BCUT2D eigenvalue weighted by Gasteiger charge is 2.25. The van der Waals surface area contributed by atoms with Crippen molar-refractivity contribution in [2.45, 2.75) is 52.5 Å². The van der Waals surface area contributed by atoms with Gasteiger partial charge in [0, 0.05) is 25.0 Å². The van der Waals surface area contributed by atoms with Gasteiger partial charge in [0.2, 0.25) is 5.91 Å². The number of nitrogens with zero attached hydrogens (tertiary/aromatic N) is 1. The van der Waals surface area contributed by atoms with Crippen LogP contribution in [0.1, 0.15) is 47.0 Å². The Morgan fingerprint density at radius 2 is 1.93 bits per heavy atom. The molecule has 1 unspecified atom stereocenters. The van der Waals surface area contributed by atoms with Gasteiger partial charge in [-0.25, -0.2) is 0 Å². The van der Waals surface area contributed by atoms with E-state index in [1.807, 2.05) is 25.8 Å². The third-order valence-corrected chi connectivity index (χ3v) is 2.98. The Balaban J connectivity index is 4.42. The Labute approximate surface area is 94.2 Å². The molecule has 15 heavy (non-hydrogen) atoms. The lowest BCUT2D eigenvalue weighted by Crippen LogP contribution is -2.51. The molecule has 0 fully saturated rings. The molecule has 0 saturated heterocycles. The van der Waals surface area contributed by atoms with E-state index in [1.165, 1.54) is 0 Å². The standard InChI is InChI=1S/C12H26N2O/c1-6-9-12(4,13-5)10-14(8-3)11(15)7-2/h13H,6-10H2,1-5H3. The fourth-order valence-electron chi connectivity index (χ4n) is 1.86. The van der Waals surface area contributed by atoms with Gasteiger partial charge in [-0.05, 0) is 27.3 Å². The SMILES string of the molecule is CCCC(C)(CN(CC)C(=O)CC)NC. The minimum Gasteiger partial charge on any atom is -0.341 e. The molecular weight excluding hydrogens is 188 g/mol. The van der Waals surface area contributed by atoms with Crippen molar-refractivity contribution in [2.75, 3.05) is 20.1 Å². The molecule has 0 spiro atoms. The monoisotopic (exact) mass is 214 g/mol. The summed E-state index contributed by atoms with van der Waals surface area (Å²) in [6.07, 6.45) is 2.83. The predicted molar refractivity (Wildman–Crippen MR) is 64.9 cm³/mol. The van der Waals surface area contributed by atoms with Crippen molar-refractivity contribution in [2.24, 2.45) is 0 Å². The number of likely N-dealkylation sites (N-methyl/N-ethyl adjacent to an activating group) is 2. The van der Waals surface area contributed by atoms with Crippen molar-refractivity contribution < 1.29 is 4.79 Å². The lowest BCUT2D eigenvalue weighted by Gasteiger charge is -2.35. The predicted octanol–water partition coefficient (Wildman–Crippen LogP) is 2.02. The van der Waals surface area contributed by atoms with Gasteiger partial charge in [0.15, 0.2) is 0 Å². The zero-order valence-corrected chi connectivity index (χ0v) is 10.9. The van der Waals surface area contributed by atoms with E-state index >= 15 is 0 Å². The summed E-state index contributed by atoms with van der Waals surface area (Å²) < 4.78 is 0. The third-order valence-electron chi connectivity index (χ3n) is 2.98. The van der Waals surface area contributed by atoms with Gasteiger partial charge in [-0.2, -0.15) is 0 Å². The number of amides is 1. The molecule has 0 radical (unpaired) electrons. The van der Waals surface area contributed by atoms with Crippen LogP contribution in [0.4, 0.5) is 0 Å². The smallest absolute Gasteiger partial charge is 0.222 e. The number of nitrogens with one attached hydrogen (secondary N) is 1. The van der Waals surface area contributed by atoms with Crippen LogP contribution in [0.2, 0.25) is 0 Å². The van der Waals surface area contributed by atoms with E-state index in [4.69, 9.17) is 0 Å². The van der Waals surface area contributed by atoms with Crippen molar-refractivity contribution in [1.82, 2.24) is 10.2 Å². The summed E-state index contributed by atoms with van der Waals surface area (Å²) in [6, 6.07) is 0. The fourth-order valence-corrected chi connectivity index (χ4v) is 1.86. The Hall–Kier alpha value is -0.570. The van der Waals surface area contributed by atoms with E-state index in [0.717, 1.165) is 25.9 Å². The average molecular weight is 214 g/mol. The summed E-state index contributed by atoms with van der Waals surface area (Å²) in [5, 5.41) is 3.33. The summed E-state index contributed by atoms with van der Waals surface area (Å²) in [5.41, 5.74) is 0.0512. The molecule has 0 bridgehead atoms. The summed E-state index contributed by atoms with van der Waals surface area (Å²) in [4.78, 5) is 13.6. The highest BCUT2D eigenvalue weighted by atomic mass is 16.2. The van der Waals surface area contributed by atoms with Gasteiger partial charge in [-0.1, -0.05) is 20.3 Å². The maximum Gasteiger partial charge on any atom is 0.222 e. The Kier molecular flexibility index (Phi) is 6.57. The van der Waals surface area contributed by atoms with Crippen LogP contribution in [-0.4, -0.2) is 36.5 Å². The minimum atomic E-state index is 0.0512. The first-order chi connectivity index (χ1) is 7.02. The molecule has 0 heterocycles. The molecule has 0 aliphatic rings. The van der Waals surface area contributed by atoms with Crippen molar-refractivity contribution >= 4 is 5.91 Å². The normalized spacial score (nSPS) is 14.7. The number of carbonyl (C=O) groups is 1. The first-order valence-corrected chi connectivity index (χ1v) is 5.99. The van der Waals surface area contributed by atoms with Crippen LogP contribution in [0.25, 0.3) is 0 Å². The highest BCUT2D eigenvalue weighted by molar-refractivity contribution is 5.75. The van der Waals surface area contributed by atoms with Gasteiger partial charge < -0.3 is 10.2 Å². The summed E-state index contributed by atoms with van der Waals surface area (Å²) in [7, 11) is 1.97. The highest BCUT2D eigenvalue weighted by Crippen LogP contribution is 2.14. The van der Waals surface area contributed by atoms with Crippen LogP contribution in [0.5, 0.6) is 0 Å². The van der Waals surface area contributed by atoms with Crippen LogP contribution in [0.3, 0.4) is 0 Å². The second-order valence-electron chi connectivity index (χ2n) is 4.32. The van der Waals surface area contributed by atoms with Gasteiger partial charge in [0.1, 0.15) is 0 Å². The van der Waals surface area contributed by atoms with Gasteiger partial charge in [0.05, 0.1) is 0 Å². The number of rotatable bonds is 7. The average Bonchev–Trinajstić information content (AvgIpc) is 2.25. The van der Waals surface area contributed by atoms with Gasteiger partial charge in [0.25, 0.3) is 0 Å².